The maximum atomic E-state index is 11.4. The SMILES string of the molecule is CCCCP(=CP(=O)(O)O)(CCCC)CCCC. The summed E-state index contributed by atoms with van der Waals surface area (Å²) in [6.45, 7) is 4.88. The van der Waals surface area contributed by atoms with Crippen LogP contribution in [0.25, 0.3) is 0 Å². The lowest BCUT2D eigenvalue weighted by atomic mass is 10.4. The maximum absolute atomic E-state index is 11.4. The summed E-state index contributed by atoms with van der Waals surface area (Å²) in [6.07, 6.45) is 9.67. The molecule has 0 aliphatic heterocycles. The molecule has 0 saturated carbocycles. The molecule has 18 heavy (non-hydrogen) atoms. The van der Waals surface area contributed by atoms with Gasteiger partial charge in [0.25, 0.3) is 0 Å². The van der Waals surface area contributed by atoms with Crippen LogP contribution in [0.4, 0.5) is 0 Å². The van der Waals surface area contributed by atoms with E-state index in [0.717, 1.165) is 57.0 Å². The molecule has 0 aliphatic rings. The van der Waals surface area contributed by atoms with Crippen LogP contribution in [-0.2, 0) is 4.57 Å². The minimum atomic E-state index is -3.98. The smallest absolute Gasteiger partial charge is 0.321 e. The molecule has 0 aliphatic carbocycles. The van der Waals surface area contributed by atoms with Gasteiger partial charge in [0.15, 0.2) is 0 Å². The van der Waals surface area contributed by atoms with E-state index in [2.05, 4.69) is 20.8 Å². The van der Waals surface area contributed by atoms with Gasteiger partial charge in [0.2, 0.25) is 0 Å². The van der Waals surface area contributed by atoms with Crippen LogP contribution < -0.4 is 0 Å². The van der Waals surface area contributed by atoms with E-state index < -0.39 is 14.5 Å². The first-order valence-corrected chi connectivity index (χ1v) is 11.3. The van der Waals surface area contributed by atoms with Crippen molar-refractivity contribution in [2.75, 3.05) is 18.5 Å². The number of hydrogen-bond donors (Lipinski definition) is 2. The molecule has 0 bridgehead atoms. The molecule has 0 fully saturated rings. The Balaban J connectivity index is 5.10. The normalized spacial score (nSPS) is 12.7. The zero-order chi connectivity index (χ0) is 14.1. The standard InChI is InChI=1S/C13H30O3P2/c1-4-7-10-17(11-8-5-2,12-9-6-3)13-18(14,15)16/h13H,4-12H2,1-3H3,(H2,14,15,16). The van der Waals surface area contributed by atoms with Crippen molar-refractivity contribution < 1.29 is 14.4 Å². The molecule has 2 N–H and O–H groups in total. The first kappa shape index (κ1) is 18.4. The van der Waals surface area contributed by atoms with Crippen LogP contribution in [0.3, 0.4) is 0 Å². The van der Waals surface area contributed by atoms with Crippen molar-refractivity contribution in [1.82, 2.24) is 0 Å². The molecule has 5 heteroatoms. The second-order valence-electron chi connectivity index (χ2n) is 5.15. The van der Waals surface area contributed by atoms with Gasteiger partial charge in [0.05, 0.1) is 0 Å². The Bertz CT molecular complexity index is 279. The first-order valence-electron chi connectivity index (χ1n) is 7.17. The minimum absolute atomic E-state index is 1.02. The Kier molecular flexibility index (Phi) is 9.60. The first-order chi connectivity index (χ1) is 8.39. The Morgan fingerprint density at radius 1 is 0.833 bits per heavy atom. The molecule has 0 atom stereocenters. The highest BCUT2D eigenvalue weighted by Gasteiger charge is 2.22. The van der Waals surface area contributed by atoms with Crippen molar-refractivity contribution in [3.8, 4) is 0 Å². The van der Waals surface area contributed by atoms with E-state index in [1.165, 1.54) is 5.54 Å². The molecular formula is C13H30O3P2. The van der Waals surface area contributed by atoms with E-state index >= 15 is 0 Å². The molecule has 0 heterocycles. The third-order valence-electron chi connectivity index (χ3n) is 3.27. The lowest BCUT2D eigenvalue weighted by Crippen LogP contribution is -2.04. The highest BCUT2D eigenvalue weighted by molar-refractivity contribution is 7.91. The molecule has 0 aromatic carbocycles. The third kappa shape index (κ3) is 8.53. The summed E-state index contributed by atoms with van der Waals surface area (Å²) in [6, 6.07) is 0. The van der Waals surface area contributed by atoms with Gasteiger partial charge in [0, 0.05) is 5.54 Å². The second kappa shape index (κ2) is 9.37. The van der Waals surface area contributed by atoms with Crippen molar-refractivity contribution in [2.45, 2.75) is 59.3 Å². The fourth-order valence-electron chi connectivity index (χ4n) is 2.25. The van der Waals surface area contributed by atoms with Gasteiger partial charge in [-0.2, -0.15) is 0 Å². The van der Waals surface area contributed by atoms with Crippen molar-refractivity contribution in [3.05, 3.63) is 0 Å². The largest absolute Gasteiger partial charge is 0.349 e. The topological polar surface area (TPSA) is 57.5 Å². The summed E-state index contributed by atoms with van der Waals surface area (Å²) in [7, 11) is -3.98. The molecule has 0 amide bonds. The third-order valence-corrected chi connectivity index (χ3v) is 10.0. The van der Waals surface area contributed by atoms with E-state index in [1.807, 2.05) is 0 Å². The van der Waals surface area contributed by atoms with Crippen LogP contribution in [0.5, 0.6) is 0 Å². The lowest BCUT2D eigenvalue weighted by molar-refractivity contribution is 0.393. The zero-order valence-electron chi connectivity index (χ0n) is 12.1. The molecule has 0 aromatic rings. The molecule has 0 radical (unpaired) electrons. The van der Waals surface area contributed by atoms with E-state index in [0.29, 0.717) is 0 Å². The summed E-state index contributed by atoms with van der Waals surface area (Å²) in [5.74, 6) is 0. The van der Waals surface area contributed by atoms with Gasteiger partial charge in [-0.1, -0.05) is 46.9 Å². The molecule has 0 rings (SSSR count). The highest BCUT2D eigenvalue weighted by Crippen LogP contribution is 2.55. The van der Waals surface area contributed by atoms with Crippen LogP contribution in [0.2, 0.25) is 0 Å². The average molecular weight is 296 g/mol. The fraction of sp³-hybridized carbons (Fsp3) is 0.923. The summed E-state index contributed by atoms with van der Waals surface area (Å²) in [5.41, 5.74) is 1.47. The predicted octanol–water partition coefficient (Wildman–Crippen LogP) is 4.34. The van der Waals surface area contributed by atoms with E-state index in [9.17, 15) is 14.4 Å². The van der Waals surface area contributed by atoms with E-state index in [1.54, 1.807) is 0 Å². The van der Waals surface area contributed by atoms with E-state index in [4.69, 9.17) is 0 Å². The van der Waals surface area contributed by atoms with Crippen molar-refractivity contribution in [1.29, 1.82) is 0 Å². The van der Waals surface area contributed by atoms with Crippen LogP contribution in [0.1, 0.15) is 59.3 Å². The molecule has 0 aromatic heterocycles. The zero-order valence-corrected chi connectivity index (χ0v) is 13.9. The molecule has 110 valence electrons. The monoisotopic (exact) mass is 296 g/mol. The molecule has 0 unspecified atom stereocenters. The summed E-state index contributed by atoms with van der Waals surface area (Å²) < 4.78 is 11.4. The van der Waals surface area contributed by atoms with Crippen LogP contribution >= 0.6 is 14.5 Å². The van der Waals surface area contributed by atoms with Crippen LogP contribution in [0.15, 0.2) is 0 Å². The molecule has 3 nitrogen and oxygen atoms in total. The minimum Gasteiger partial charge on any atom is -0.321 e. The Morgan fingerprint density at radius 3 is 1.39 bits per heavy atom. The van der Waals surface area contributed by atoms with Gasteiger partial charge in [-0.3, -0.25) is 4.57 Å². The number of rotatable bonds is 10. The highest BCUT2D eigenvalue weighted by atomic mass is 31.2. The molecule has 0 spiro atoms. The second-order valence-corrected chi connectivity index (χ2v) is 11.0. The van der Waals surface area contributed by atoms with Gasteiger partial charge < -0.3 is 9.79 Å². The molecular weight excluding hydrogens is 266 g/mol. The summed E-state index contributed by atoms with van der Waals surface area (Å²) in [5, 5.41) is 0. The van der Waals surface area contributed by atoms with Gasteiger partial charge in [-0.25, -0.2) is 0 Å². The Morgan fingerprint density at radius 2 is 1.17 bits per heavy atom. The number of hydrogen-bond acceptors (Lipinski definition) is 1. The molecule has 0 saturated heterocycles. The summed E-state index contributed by atoms with van der Waals surface area (Å²) >= 11 is 0. The maximum Gasteiger partial charge on any atom is 0.349 e. The van der Waals surface area contributed by atoms with Crippen molar-refractivity contribution in [3.63, 3.8) is 0 Å². The van der Waals surface area contributed by atoms with Gasteiger partial charge in [-0.15, -0.1) is 0 Å². The van der Waals surface area contributed by atoms with Gasteiger partial charge in [-0.05, 0) is 37.7 Å². The van der Waals surface area contributed by atoms with Gasteiger partial charge >= 0.3 is 7.60 Å². The van der Waals surface area contributed by atoms with Crippen molar-refractivity contribution in [2.24, 2.45) is 0 Å². The van der Waals surface area contributed by atoms with Crippen LogP contribution in [0, 0.1) is 0 Å². The average Bonchev–Trinajstić information content (AvgIpc) is 2.29. The summed E-state index contributed by atoms with van der Waals surface area (Å²) in [4.78, 5) is 18.7. The predicted molar refractivity (Wildman–Crippen MR) is 84.4 cm³/mol. The van der Waals surface area contributed by atoms with E-state index in [-0.39, 0.29) is 0 Å². The van der Waals surface area contributed by atoms with Crippen molar-refractivity contribution >= 4 is 20.0 Å². The van der Waals surface area contributed by atoms with Crippen LogP contribution in [-0.4, -0.2) is 33.8 Å². The Hall–Kier alpha value is 0.450. The van der Waals surface area contributed by atoms with Gasteiger partial charge in [0.1, 0.15) is 0 Å². The number of unbranched alkanes of at least 4 members (excludes halogenated alkanes) is 3. The Labute approximate surface area is 113 Å². The lowest BCUT2D eigenvalue weighted by Gasteiger charge is -2.26. The fourth-order valence-corrected chi connectivity index (χ4v) is 9.69. The quantitative estimate of drug-likeness (QED) is 0.589.